The number of fused-ring (bicyclic) bond motifs is 3. The van der Waals surface area contributed by atoms with Crippen molar-refractivity contribution in [2.75, 3.05) is 7.11 Å². The quantitative estimate of drug-likeness (QED) is 0.910. The minimum absolute atomic E-state index is 0.175. The van der Waals surface area contributed by atoms with E-state index in [9.17, 15) is 14.6 Å². The van der Waals surface area contributed by atoms with Crippen LogP contribution in [0.1, 0.15) is 41.5 Å². The van der Waals surface area contributed by atoms with Crippen LogP contribution in [0, 0.1) is 5.82 Å². The maximum Gasteiger partial charge on any atom is 0.128 e. The van der Waals surface area contributed by atoms with Gasteiger partial charge in [-0.25, -0.2) is 4.39 Å². The first-order chi connectivity index (χ1) is 11.1. The van der Waals surface area contributed by atoms with Gasteiger partial charge in [0.1, 0.15) is 11.6 Å². The molecule has 122 valence electrons. The molecule has 2 aromatic carbocycles. The molecular weight excluding hydrogens is 295 g/mol. The van der Waals surface area contributed by atoms with Crippen LogP contribution in [0.15, 0.2) is 24.3 Å². The standard InChI is InChI=1S/C19H21FO3/c1-11-3-5-15-17(14-6-4-13(20)8-16(11)14)7-12(9-21)18(10-22)19(15)23-2/h4,6-8,11,21-22H,3,5,9-10H2,1-2H3/t11-/m0/s1. The second-order valence-electron chi connectivity index (χ2n) is 6.06. The number of hydrogen-bond acceptors (Lipinski definition) is 3. The maximum absolute atomic E-state index is 13.7. The third kappa shape index (κ3) is 2.62. The summed E-state index contributed by atoms with van der Waals surface area (Å²) in [5, 5.41) is 19.3. The van der Waals surface area contributed by atoms with Gasteiger partial charge in [0.15, 0.2) is 0 Å². The highest BCUT2D eigenvalue weighted by Gasteiger charge is 2.25. The zero-order valence-corrected chi connectivity index (χ0v) is 13.4. The van der Waals surface area contributed by atoms with Gasteiger partial charge in [-0.3, -0.25) is 0 Å². The second-order valence-corrected chi connectivity index (χ2v) is 6.06. The van der Waals surface area contributed by atoms with Gasteiger partial charge in [0.25, 0.3) is 0 Å². The largest absolute Gasteiger partial charge is 0.496 e. The zero-order chi connectivity index (χ0) is 16.6. The van der Waals surface area contributed by atoms with E-state index >= 15 is 0 Å². The van der Waals surface area contributed by atoms with E-state index in [1.165, 1.54) is 6.07 Å². The van der Waals surface area contributed by atoms with Crippen molar-refractivity contribution in [2.45, 2.75) is 38.9 Å². The molecule has 0 aromatic heterocycles. The molecule has 3 nitrogen and oxygen atoms in total. The van der Waals surface area contributed by atoms with Crippen molar-refractivity contribution in [1.29, 1.82) is 0 Å². The van der Waals surface area contributed by atoms with Gasteiger partial charge < -0.3 is 14.9 Å². The first kappa shape index (κ1) is 16.0. The van der Waals surface area contributed by atoms with E-state index in [0.717, 1.165) is 35.1 Å². The van der Waals surface area contributed by atoms with Gasteiger partial charge in [0, 0.05) is 11.1 Å². The minimum atomic E-state index is -0.236. The fourth-order valence-electron chi connectivity index (χ4n) is 3.55. The molecule has 4 heteroatoms. The third-order valence-corrected chi connectivity index (χ3v) is 4.77. The normalized spacial score (nSPS) is 16.5. The predicted octanol–water partition coefficient (Wildman–Crippen LogP) is 3.54. The Balaban J connectivity index is 2.34. The van der Waals surface area contributed by atoms with Crippen molar-refractivity contribution in [3.8, 4) is 16.9 Å². The summed E-state index contributed by atoms with van der Waals surface area (Å²) in [5.74, 6) is 0.631. The minimum Gasteiger partial charge on any atom is -0.496 e. The number of rotatable bonds is 3. The smallest absolute Gasteiger partial charge is 0.128 e. The lowest BCUT2D eigenvalue weighted by molar-refractivity contribution is 0.253. The van der Waals surface area contributed by atoms with E-state index in [1.54, 1.807) is 19.2 Å². The molecule has 3 rings (SSSR count). The molecule has 0 bridgehead atoms. The van der Waals surface area contributed by atoms with Crippen LogP contribution in [-0.4, -0.2) is 17.3 Å². The first-order valence-corrected chi connectivity index (χ1v) is 7.83. The Morgan fingerprint density at radius 3 is 2.61 bits per heavy atom. The summed E-state index contributed by atoms with van der Waals surface area (Å²) in [6.07, 6.45) is 1.66. The predicted molar refractivity (Wildman–Crippen MR) is 87.0 cm³/mol. The SMILES string of the molecule is COc1c(CO)c(CO)cc2c1CC[C@H](C)c1cc(F)ccc1-2. The molecule has 1 aliphatic carbocycles. The molecule has 0 aliphatic heterocycles. The maximum atomic E-state index is 13.7. The molecule has 1 atom stereocenters. The number of ether oxygens (including phenoxy) is 1. The molecule has 0 spiro atoms. The van der Waals surface area contributed by atoms with Crippen LogP contribution in [0.25, 0.3) is 11.1 Å². The van der Waals surface area contributed by atoms with Crippen LogP contribution in [0.4, 0.5) is 4.39 Å². The molecule has 0 radical (unpaired) electrons. The monoisotopic (exact) mass is 316 g/mol. The Labute approximate surface area is 135 Å². The highest BCUT2D eigenvalue weighted by Crippen LogP contribution is 2.44. The molecule has 0 fully saturated rings. The first-order valence-electron chi connectivity index (χ1n) is 7.83. The van der Waals surface area contributed by atoms with Crippen LogP contribution < -0.4 is 4.74 Å². The Hall–Kier alpha value is -1.91. The summed E-state index contributed by atoms with van der Waals surface area (Å²) < 4.78 is 19.2. The number of benzene rings is 2. The van der Waals surface area contributed by atoms with Gasteiger partial charge in [-0.15, -0.1) is 0 Å². The highest BCUT2D eigenvalue weighted by atomic mass is 19.1. The lowest BCUT2D eigenvalue weighted by Crippen LogP contribution is -2.04. The zero-order valence-electron chi connectivity index (χ0n) is 13.4. The Bertz CT molecular complexity index is 740. The van der Waals surface area contributed by atoms with Gasteiger partial charge in [-0.05, 0) is 59.2 Å². The van der Waals surface area contributed by atoms with Gasteiger partial charge in [-0.2, -0.15) is 0 Å². The van der Waals surface area contributed by atoms with E-state index in [2.05, 4.69) is 6.92 Å². The van der Waals surface area contributed by atoms with Crippen LogP contribution in [-0.2, 0) is 19.6 Å². The van der Waals surface area contributed by atoms with Gasteiger partial charge >= 0.3 is 0 Å². The molecule has 2 aromatic rings. The average Bonchev–Trinajstić information content (AvgIpc) is 2.70. The van der Waals surface area contributed by atoms with Crippen molar-refractivity contribution >= 4 is 0 Å². The number of methoxy groups -OCH3 is 1. The number of hydrogen-bond donors (Lipinski definition) is 2. The van der Waals surface area contributed by atoms with Crippen LogP contribution >= 0.6 is 0 Å². The lowest BCUT2D eigenvalue weighted by atomic mass is 9.90. The van der Waals surface area contributed by atoms with Crippen molar-refractivity contribution in [3.63, 3.8) is 0 Å². The fourth-order valence-corrected chi connectivity index (χ4v) is 3.55. The van der Waals surface area contributed by atoms with E-state index in [1.807, 2.05) is 6.07 Å². The molecule has 0 amide bonds. The van der Waals surface area contributed by atoms with Gasteiger partial charge in [-0.1, -0.05) is 13.0 Å². The summed E-state index contributed by atoms with van der Waals surface area (Å²) in [4.78, 5) is 0. The average molecular weight is 316 g/mol. The third-order valence-electron chi connectivity index (χ3n) is 4.77. The van der Waals surface area contributed by atoms with Gasteiger partial charge in [0.05, 0.1) is 20.3 Å². The summed E-state index contributed by atoms with van der Waals surface area (Å²) in [7, 11) is 1.58. The van der Waals surface area contributed by atoms with E-state index in [-0.39, 0.29) is 24.9 Å². The Kier molecular flexibility index (Phi) is 4.37. The van der Waals surface area contributed by atoms with Gasteiger partial charge in [0.2, 0.25) is 0 Å². The van der Waals surface area contributed by atoms with E-state index in [0.29, 0.717) is 16.9 Å². The Morgan fingerprint density at radius 2 is 1.96 bits per heavy atom. The van der Waals surface area contributed by atoms with Crippen LogP contribution in [0.2, 0.25) is 0 Å². The van der Waals surface area contributed by atoms with Crippen molar-refractivity contribution < 1.29 is 19.3 Å². The molecule has 23 heavy (non-hydrogen) atoms. The van der Waals surface area contributed by atoms with Crippen LogP contribution in [0.3, 0.4) is 0 Å². The molecule has 0 saturated heterocycles. The Morgan fingerprint density at radius 1 is 1.17 bits per heavy atom. The molecule has 1 aliphatic rings. The van der Waals surface area contributed by atoms with E-state index in [4.69, 9.17) is 4.74 Å². The summed E-state index contributed by atoms with van der Waals surface area (Å²) in [6.45, 7) is 1.74. The molecule has 0 unspecified atom stereocenters. The number of aliphatic hydroxyl groups excluding tert-OH is 2. The number of halogens is 1. The molecular formula is C19H21FO3. The topological polar surface area (TPSA) is 49.7 Å². The van der Waals surface area contributed by atoms with Crippen molar-refractivity contribution in [1.82, 2.24) is 0 Å². The molecule has 0 saturated carbocycles. The van der Waals surface area contributed by atoms with Crippen LogP contribution in [0.5, 0.6) is 5.75 Å². The summed E-state index contributed by atoms with van der Waals surface area (Å²) in [6, 6.07) is 6.76. The number of aliphatic hydroxyl groups is 2. The summed E-state index contributed by atoms with van der Waals surface area (Å²) in [5.41, 5.74) is 5.21. The second kappa shape index (κ2) is 6.30. The van der Waals surface area contributed by atoms with E-state index < -0.39 is 0 Å². The molecule has 0 heterocycles. The molecule has 2 N–H and O–H groups in total. The highest BCUT2D eigenvalue weighted by molar-refractivity contribution is 5.76. The lowest BCUT2D eigenvalue weighted by Gasteiger charge is -2.19. The summed E-state index contributed by atoms with van der Waals surface area (Å²) >= 11 is 0. The van der Waals surface area contributed by atoms with Crippen molar-refractivity contribution in [2.24, 2.45) is 0 Å². The van der Waals surface area contributed by atoms with Crippen molar-refractivity contribution in [3.05, 3.63) is 52.3 Å². The fraction of sp³-hybridized carbons (Fsp3) is 0.368.